The molecule has 4 rings (SSSR count). The number of nitrogens with one attached hydrogen (secondary N) is 2. The Morgan fingerprint density at radius 1 is 1.09 bits per heavy atom. The first kappa shape index (κ1) is 18.0. The van der Waals surface area contributed by atoms with E-state index in [1.807, 2.05) is 0 Å². The van der Waals surface area contributed by atoms with Gasteiger partial charge in [0.15, 0.2) is 0 Å². The van der Waals surface area contributed by atoms with Crippen LogP contribution in [0.25, 0.3) is 0 Å². The van der Waals surface area contributed by atoms with Crippen molar-refractivity contribution >= 4 is 18.3 Å². The van der Waals surface area contributed by atoms with Crippen molar-refractivity contribution in [3.8, 4) is 0 Å². The van der Waals surface area contributed by atoms with Gasteiger partial charge in [0.25, 0.3) is 0 Å². The van der Waals surface area contributed by atoms with Crippen molar-refractivity contribution in [1.82, 2.24) is 10.6 Å². The van der Waals surface area contributed by atoms with Crippen LogP contribution in [0.4, 0.5) is 0 Å². The van der Waals surface area contributed by atoms with Crippen molar-refractivity contribution in [3.05, 3.63) is 0 Å². The van der Waals surface area contributed by atoms with Crippen molar-refractivity contribution < 1.29 is 9.53 Å². The normalized spacial score (nSPS) is 35.2. The highest BCUT2D eigenvalue weighted by atomic mass is 35.5. The number of carbonyl (C=O) groups is 1. The molecular formula is C17H31ClN2O2. The molecule has 0 spiro atoms. The standard InChI is InChI=1S/C17H30N2O2.ClH/c1-21-5-4-18-12-16(20)19-3-2-17-9-13-6-14(10-17)8-15(7-13)11-17;/h13-15,18H,2-12H2,1H3,(H,19,20);1H. The smallest absolute Gasteiger partial charge is 0.233 e. The lowest BCUT2D eigenvalue weighted by molar-refractivity contribution is -0.120. The molecule has 4 aliphatic carbocycles. The highest BCUT2D eigenvalue weighted by Gasteiger charge is 2.50. The molecule has 4 nitrogen and oxygen atoms in total. The fourth-order valence-corrected chi connectivity index (χ4v) is 5.50. The molecule has 22 heavy (non-hydrogen) atoms. The van der Waals surface area contributed by atoms with Crippen LogP contribution in [0.2, 0.25) is 0 Å². The van der Waals surface area contributed by atoms with Gasteiger partial charge in [0, 0.05) is 20.2 Å². The van der Waals surface area contributed by atoms with E-state index in [1.165, 1.54) is 44.9 Å². The van der Waals surface area contributed by atoms with Gasteiger partial charge in [-0.2, -0.15) is 0 Å². The predicted octanol–water partition coefficient (Wildman–Crippen LogP) is 2.37. The summed E-state index contributed by atoms with van der Waals surface area (Å²) in [5.41, 5.74) is 0.575. The highest BCUT2D eigenvalue weighted by Crippen LogP contribution is 2.61. The summed E-state index contributed by atoms with van der Waals surface area (Å²) in [4.78, 5) is 11.8. The quantitative estimate of drug-likeness (QED) is 0.672. The summed E-state index contributed by atoms with van der Waals surface area (Å²) in [6.07, 6.45) is 9.97. The minimum atomic E-state index is 0. The minimum Gasteiger partial charge on any atom is -0.383 e. The molecule has 0 aromatic heterocycles. The lowest BCUT2D eigenvalue weighted by Crippen LogP contribution is -2.47. The summed E-state index contributed by atoms with van der Waals surface area (Å²) >= 11 is 0. The molecule has 128 valence electrons. The number of carbonyl (C=O) groups excluding carboxylic acids is 1. The molecule has 0 heterocycles. The SMILES string of the molecule is COCCNCC(=O)NCCC12CC3CC(CC(C3)C1)C2.Cl. The highest BCUT2D eigenvalue weighted by molar-refractivity contribution is 5.85. The second-order valence-electron chi connectivity index (χ2n) is 7.69. The van der Waals surface area contributed by atoms with E-state index in [0.717, 1.165) is 30.8 Å². The Morgan fingerprint density at radius 2 is 1.68 bits per heavy atom. The molecule has 4 fully saturated rings. The van der Waals surface area contributed by atoms with Crippen LogP contribution in [0.3, 0.4) is 0 Å². The van der Waals surface area contributed by atoms with Crippen LogP contribution in [0, 0.1) is 23.2 Å². The van der Waals surface area contributed by atoms with Gasteiger partial charge in [0.1, 0.15) is 0 Å². The van der Waals surface area contributed by atoms with E-state index in [9.17, 15) is 4.79 Å². The maximum atomic E-state index is 11.8. The molecule has 0 aromatic rings. The van der Waals surface area contributed by atoms with E-state index < -0.39 is 0 Å². The number of rotatable bonds is 8. The first-order valence-electron chi connectivity index (χ1n) is 8.65. The number of methoxy groups -OCH3 is 1. The topological polar surface area (TPSA) is 50.4 Å². The Bertz CT molecular complexity index is 340. The number of hydrogen-bond donors (Lipinski definition) is 2. The molecule has 4 bridgehead atoms. The van der Waals surface area contributed by atoms with Gasteiger partial charge >= 0.3 is 0 Å². The zero-order valence-electron chi connectivity index (χ0n) is 13.7. The van der Waals surface area contributed by atoms with Crippen molar-refractivity contribution in [3.63, 3.8) is 0 Å². The molecule has 1 amide bonds. The average molecular weight is 331 g/mol. The van der Waals surface area contributed by atoms with Crippen LogP contribution >= 0.6 is 12.4 Å². The van der Waals surface area contributed by atoms with Crippen LogP contribution in [0.1, 0.15) is 44.9 Å². The Balaban J connectivity index is 0.00000176. The molecule has 0 aliphatic heterocycles. The van der Waals surface area contributed by atoms with E-state index in [0.29, 0.717) is 18.6 Å². The number of hydrogen-bond acceptors (Lipinski definition) is 3. The largest absolute Gasteiger partial charge is 0.383 e. The van der Waals surface area contributed by atoms with Crippen LogP contribution in [0.15, 0.2) is 0 Å². The monoisotopic (exact) mass is 330 g/mol. The van der Waals surface area contributed by atoms with Crippen LogP contribution in [-0.2, 0) is 9.53 Å². The summed E-state index contributed by atoms with van der Waals surface area (Å²) in [7, 11) is 1.67. The van der Waals surface area contributed by atoms with Crippen molar-refractivity contribution in [2.24, 2.45) is 23.2 Å². The summed E-state index contributed by atoms with van der Waals surface area (Å²) < 4.78 is 4.95. The second kappa shape index (κ2) is 7.98. The first-order valence-corrected chi connectivity index (χ1v) is 8.65. The molecule has 0 aromatic carbocycles. The van der Waals surface area contributed by atoms with Crippen LogP contribution in [0.5, 0.6) is 0 Å². The molecule has 0 saturated heterocycles. The zero-order valence-corrected chi connectivity index (χ0v) is 14.6. The number of ether oxygens (including phenoxy) is 1. The molecule has 0 atom stereocenters. The Morgan fingerprint density at radius 3 is 2.23 bits per heavy atom. The van der Waals surface area contributed by atoms with Crippen LogP contribution < -0.4 is 10.6 Å². The third kappa shape index (κ3) is 4.36. The third-order valence-corrected chi connectivity index (χ3v) is 5.91. The van der Waals surface area contributed by atoms with Gasteiger partial charge in [0.2, 0.25) is 5.91 Å². The molecule has 2 N–H and O–H groups in total. The van der Waals surface area contributed by atoms with Gasteiger partial charge in [-0.25, -0.2) is 0 Å². The van der Waals surface area contributed by atoms with Gasteiger partial charge < -0.3 is 15.4 Å². The van der Waals surface area contributed by atoms with E-state index in [2.05, 4.69) is 10.6 Å². The summed E-state index contributed by atoms with van der Waals surface area (Å²) in [5, 5.41) is 6.19. The predicted molar refractivity (Wildman–Crippen MR) is 90.2 cm³/mol. The first-order chi connectivity index (χ1) is 10.2. The fourth-order valence-electron chi connectivity index (χ4n) is 5.50. The summed E-state index contributed by atoms with van der Waals surface area (Å²) in [6.45, 7) is 2.65. The van der Waals surface area contributed by atoms with Gasteiger partial charge in [-0.05, 0) is 68.1 Å². The Kier molecular flexibility index (Phi) is 6.54. The van der Waals surface area contributed by atoms with Gasteiger partial charge in [-0.3, -0.25) is 4.79 Å². The molecule has 4 saturated carbocycles. The van der Waals surface area contributed by atoms with Crippen molar-refractivity contribution in [2.45, 2.75) is 44.9 Å². The zero-order chi connectivity index (χ0) is 14.7. The van der Waals surface area contributed by atoms with E-state index in [4.69, 9.17) is 4.74 Å². The maximum absolute atomic E-state index is 11.8. The Hall–Kier alpha value is -0.320. The third-order valence-electron chi connectivity index (χ3n) is 5.91. The number of amides is 1. The van der Waals surface area contributed by atoms with E-state index in [1.54, 1.807) is 7.11 Å². The fraction of sp³-hybridized carbons (Fsp3) is 0.941. The average Bonchev–Trinajstić information content (AvgIpc) is 2.42. The van der Waals surface area contributed by atoms with Gasteiger partial charge in [-0.1, -0.05) is 0 Å². The molecule has 0 radical (unpaired) electrons. The van der Waals surface area contributed by atoms with E-state index in [-0.39, 0.29) is 18.3 Å². The van der Waals surface area contributed by atoms with Crippen LogP contribution in [-0.4, -0.2) is 39.3 Å². The number of halogens is 1. The van der Waals surface area contributed by atoms with Crippen molar-refractivity contribution in [1.29, 1.82) is 0 Å². The molecule has 5 heteroatoms. The van der Waals surface area contributed by atoms with Gasteiger partial charge in [0.05, 0.1) is 13.2 Å². The second-order valence-corrected chi connectivity index (χ2v) is 7.69. The van der Waals surface area contributed by atoms with Crippen molar-refractivity contribution in [2.75, 3.05) is 33.4 Å². The van der Waals surface area contributed by atoms with Gasteiger partial charge in [-0.15, -0.1) is 12.4 Å². The van der Waals surface area contributed by atoms with E-state index >= 15 is 0 Å². The molecule has 4 aliphatic rings. The molecular weight excluding hydrogens is 300 g/mol. The lowest BCUT2D eigenvalue weighted by atomic mass is 9.49. The maximum Gasteiger partial charge on any atom is 0.233 e. The Labute approximate surface area is 140 Å². The molecule has 0 unspecified atom stereocenters. The minimum absolute atomic E-state index is 0. The lowest BCUT2D eigenvalue weighted by Gasteiger charge is -2.57. The summed E-state index contributed by atoms with van der Waals surface area (Å²) in [5.74, 6) is 3.13. The summed E-state index contributed by atoms with van der Waals surface area (Å²) in [6, 6.07) is 0.